The lowest BCUT2D eigenvalue weighted by atomic mass is 9.83. The number of halogens is 3. The summed E-state index contributed by atoms with van der Waals surface area (Å²) < 4.78 is 40.6. The molecule has 3 aromatic heterocycles. The van der Waals surface area contributed by atoms with Crippen LogP contribution in [0.25, 0.3) is 17.2 Å². The Hall–Kier alpha value is -2.64. The Kier molecular flexibility index (Phi) is 4.09. The molecular weight excluding hydrogens is 355 g/mol. The number of rotatable bonds is 2. The van der Waals surface area contributed by atoms with E-state index in [1.807, 2.05) is 6.07 Å². The normalized spacial score (nSPS) is 17.4. The monoisotopic (exact) mass is 375 g/mol. The highest BCUT2D eigenvalue weighted by Crippen LogP contribution is 2.33. The Morgan fingerprint density at radius 1 is 1.04 bits per heavy atom. The smallest absolute Gasteiger partial charge is 0.356 e. The zero-order valence-electron chi connectivity index (χ0n) is 15.2. The minimum absolute atomic E-state index is 0.321. The average molecular weight is 375 g/mol. The minimum atomic E-state index is -4.42. The van der Waals surface area contributed by atoms with Crippen molar-refractivity contribution >= 4 is 11.5 Å². The third-order valence-corrected chi connectivity index (χ3v) is 5.14. The number of nitrogens with zero attached hydrogens (tertiary/aromatic N) is 5. The van der Waals surface area contributed by atoms with Gasteiger partial charge in [-0.05, 0) is 36.5 Å². The van der Waals surface area contributed by atoms with E-state index in [9.17, 15) is 13.2 Å². The van der Waals surface area contributed by atoms with Crippen LogP contribution in [0, 0.1) is 5.41 Å². The topological polar surface area (TPSA) is 46.3 Å². The molecule has 5 nitrogen and oxygen atoms in total. The highest BCUT2D eigenvalue weighted by Gasteiger charge is 2.31. The van der Waals surface area contributed by atoms with E-state index in [4.69, 9.17) is 0 Å². The van der Waals surface area contributed by atoms with Gasteiger partial charge in [0.2, 0.25) is 0 Å². The van der Waals surface area contributed by atoms with Gasteiger partial charge in [0.25, 0.3) is 0 Å². The first kappa shape index (κ1) is 17.8. The maximum Gasteiger partial charge on any atom is 0.417 e. The van der Waals surface area contributed by atoms with Crippen LogP contribution >= 0.6 is 0 Å². The number of pyridine rings is 1. The first-order valence-corrected chi connectivity index (χ1v) is 8.86. The van der Waals surface area contributed by atoms with E-state index in [2.05, 4.69) is 33.7 Å². The molecule has 4 heterocycles. The highest BCUT2D eigenvalue weighted by atomic mass is 19.4. The molecule has 0 unspecified atom stereocenters. The van der Waals surface area contributed by atoms with Gasteiger partial charge in [-0.2, -0.15) is 13.2 Å². The molecule has 3 aromatic rings. The van der Waals surface area contributed by atoms with Crippen molar-refractivity contribution in [3.05, 3.63) is 42.4 Å². The Morgan fingerprint density at radius 2 is 1.78 bits per heavy atom. The Morgan fingerprint density at radius 3 is 2.48 bits per heavy atom. The molecule has 0 bridgehead atoms. The zero-order valence-corrected chi connectivity index (χ0v) is 15.2. The Bertz CT molecular complexity index is 967. The number of hydrogen-bond donors (Lipinski definition) is 0. The predicted octanol–water partition coefficient (Wildman–Crippen LogP) is 4.44. The van der Waals surface area contributed by atoms with Gasteiger partial charge in [-0.1, -0.05) is 13.8 Å². The molecule has 27 heavy (non-hydrogen) atoms. The molecule has 8 heteroatoms. The zero-order chi connectivity index (χ0) is 19.2. The van der Waals surface area contributed by atoms with Crippen LogP contribution in [0.3, 0.4) is 0 Å². The Balaban J connectivity index is 1.70. The SMILES string of the molecule is CC1(C)CCN(c2ccnc(-c3cnc4ccc(C(F)(F)F)cn34)n2)CC1. The van der Waals surface area contributed by atoms with Crippen molar-refractivity contribution in [3.8, 4) is 11.5 Å². The summed E-state index contributed by atoms with van der Waals surface area (Å²) in [6.45, 7) is 6.31. The lowest BCUT2D eigenvalue weighted by molar-refractivity contribution is -0.137. The maximum atomic E-state index is 13.1. The second-order valence-electron chi connectivity index (χ2n) is 7.68. The average Bonchev–Trinajstić information content (AvgIpc) is 3.04. The van der Waals surface area contributed by atoms with Gasteiger partial charge in [-0.3, -0.25) is 4.40 Å². The number of aromatic nitrogens is 4. The van der Waals surface area contributed by atoms with Crippen LogP contribution in [0.2, 0.25) is 0 Å². The summed E-state index contributed by atoms with van der Waals surface area (Å²) in [6.07, 6.45) is 1.91. The lowest BCUT2D eigenvalue weighted by Gasteiger charge is -2.37. The van der Waals surface area contributed by atoms with Gasteiger partial charge >= 0.3 is 6.18 Å². The molecule has 0 aliphatic carbocycles. The third kappa shape index (κ3) is 3.48. The van der Waals surface area contributed by atoms with Crippen LogP contribution in [0.15, 0.2) is 36.8 Å². The number of alkyl halides is 3. The van der Waals surface area contributed by atoms with Crippen LogP contribution < -0.4 is 4.90 Å². The van der Waals surface area contributed by atoms with Gasteiger partial charge in [-0.15, -0.1) is 0 Å². The summed E-state index contributed by atoms with van der Waals surface area (Å²) in [7, 11) is 0. The molecule has 1 fully saturated rings. The maximum absolute atomic E-state index is 13.1. The first-order valence-electron chi connectivity index (χ1n) is 8.86. The molecule has 0 saturated carbocycles. The number of anilines is 1. The molecule has 0 N–H and O–H groups in total. The molecule has 0 atom stereocenters. The molecule has 0 amide bonds. The van der Waals surface area contributed by atoms with E-state index in [0.717, 1.165) is 44.0 Å². The van der Waals surface area contributed by atoms with Gasteiger partial charge in [-0.25, -0.2) is 15.0 Å². The molecule has 0 radical (unpaired) electrons. The van der Waals surface area contributed by atoms with Crippen LogP contribution in [-0.4, -0.2) is 32.4 Å². The van der Waals surface area contributed by atoms with E-state index in [1.54, 1.807) is 6.20 Å². The van der Waals surface area contributed by atoms with E-state index in [1.165, 1.54) is 16.7 Å². The van der Waals surface area contributed by atoms with Gasteiger partial charge in [0, 0.05) is 25.5 Å². The minimum Gasteiger partial charge on any atom is -0.356 e. The van der Waals surface area contributed by atoms with Crippen molar-refractivity contribution in [1.29, 1.82) is 0 Å². The van der Waals surface area contributed by atoms with Crippen LogP contribution in [0.4, 0.5) is 19.0 Å². The summed E-state index contributed by atoms with van der Waals surface area (Å²) in [6, 6.07) is 4.22. The summed E-state index contributed by atoms with van der Waals surface area (Å²) in [5.41, 5.74) is 0.452. The van der Waals surface area contributed by atoms with Crippen LogP contribution in [-0.2, 0) is 6.18 Å². The fraction of sp³-hybridized carbons (Fsp3) is 0.421. The second kappa shape index (κ2) is 6.21. The predicted molar refractivity (Wildman–Crippen MR) is 96.4 cm³/mol. The van der Waals surface area contributed by atoms with E-state index in [-0.39, 0.29) is 0 Å². The molecule has 0 spiro atoms. The molecule has 1 aliphatic rings. The van der Waals surface area contributed by atoms with Gasteiger partial charge < -0.3 is 4.90 Å². The van der Waals surface area contributed by atoms with Crippen molar-refractivity contribution in [3.63, 3.8) is 0 Å². The summed E-state index contributed by atoms with van der Waals surface area (Å²) >= 11 is 0. The van der Waals surface area contributed by atoms with E-state index < -0.39 is 11.7 Å². The van der Waals surface area contributed by atoms with Crippen molar-refractivity contribution < 1.29 is 13.2 Å². The van der Waals surface area contributed by atoms with E-state index in [0.29, 0.717) is 22.6 Å². The third-order valence-electron chi connectivity index (χ3n) is 5.14. The van der Waals surface area contributed by atoms with Crippen LogP contribution in [0.1, 0.15) is 32.3 Å². The lowest BCUT2D eigenvalue weighted by Crippen LogP contribution is -2.37. The number of piperidine rings is 1. The molecular formula is C19H20F3N5. The van der Waals surface area contributed by atoms with Crippen molar-refractivity contribution in [2.45, 2.75) is 32.9 Å². The van der Waals surface area contributed by atoms with Gasteiger partial charge in [0.15, 0.2) is 5.82 Å². The molecule has 0 aromatic carbocycles. The van der Waals surface area contributed by atoms with Crippen molar-refractivity contribution in [2.24, 2.45) is 5.41 Å². The molecule has 1 aliphatic heterocycles. The van der Waals surface area contributed by atoms with Crippen molar-refractivity contribution in [2.75, 3.05) is 18.0 Å². The Labute approximate surface area is 154 Å². The number of hydrogen-bond acceptors (Lipinski definition) is 4. The summed E-state index contributed by atoms with van der Waals surface area (Å²) in [5.74, 6) is 1.15. The van der Waals surface area contributed by atoms with Gasteiger partial charge in [0.1, 0.15) is 17.2 Å². The standard InChI is InChI=1S/C19H20F3N5/c1-18(2)6-9-26(10-7-18)16-5-8-23-17(25-16)14-11-24-15-4-3-13(12-27(14)15)19(20,21)22/h3-5,8,11-12H,6-7,9-10H2,1-2H3. The summed E-state index contributed by atoms with van der Waals surface area (Å²) in [4.78, 5) is 15.2. The van der Waals surface area contributed by atoms with E-state index >= 15 is 0 Å². The quantitative estimate of drug-likeness (QED) is 0.665. The molecule has 142 valence electrons. The second-order valence-corrected chi connectivity index (χ2v) is 7.68. The largest absolute Gasteiger partial charge is 0.417 e. The molecule has 1 saturated heterocycles. The number of imidazole rings is 1. The fourth-order valence-corrected chi connectivity index (χ4v) is 3.30. The molecule has 4 rings (SSSR count). The first-order chi connectivity index (χ1) is 12.7. The van der Waals surface area contributed by atoms with Crippen molar-refractivity contribution in [1.82, 2.24) is 19.4 Å². The van der Waals surface area contributed by atoms with Crippen LogP contribution in [0.5, 0.6) is 0 Å². The van der Waals surface area contributed by atoms with Gasteiger partial charge in [0.05, 0.1) is 11.8 Å². The number of fused-ring (bicyclic) bond motifs is 1. The highest BCUT2D eigenvalue weighted by molar-refractivity contribution is 5.59. The fourth-order valence-electron chi connectivity index (χ4n) is 3.30. The summed E-state index contributed by atoms with van der Waals surface area (Å²) in [5, 5.41) is 0.